The summed E-state index contributed by atoms with van der Waals surface area (Å²) in [5.41, 5.74) is 5.85. The fourth-order valence-electron chi connectivity index (χ4n) is 4.79. The third kappa shape index (κ3) is 2.62. The first-order chi connectivity index (χ1) is 15.3. The lowest BCUT2D eigenvalue weighted by Gasteiger charge is -2.11. The van der Waals surface area contributed by atoms with E-state index >= 15 is 0 Å². The largest absolute Gasteiger partial charge is 0.314 e. The first kappa shape index (κ1) is 17.9. The van der Waals surface area contributed by atoms with Gasteiger partial charge in [0.2, 0.25) is 0 Å². The highest BCUT2D eigenvalue weighted by atomic mass is 15.0. The molecule has 0 aliphatic heterocycles. The fourth-order valence-corrected chi connectivity index (χ4v) is 4.79. The van der Waals surface area contributed by atoms with Gasteiger partial charge >= 0.3 is 0 Å². The molecule has 0 unspecified atom stereocenters. The van der Waals surface area contributed by atoms with Crippen molar-refractivity contribution in [2.24, 2.45) is 0 Å². The maximum atomic E-state index is 4.82. The molecule has 0 spiro atoms. The van der Waals surface area contributed by atoms with Crippen LogP contribution < -0.4 is 0 Å². The van der Waals surface area contributed by atoms with Crippen LogP contribution in [0.5, 0.6) is 0 Å². The summed E-state index contributed by atoms with van der Waals surface area (Å²) in [4.78, 5) is 4.82. The molecule has 0 amide bonds. The Morgan fingerprint density at radius 1 is 0.710 bits per heavy atom. The van der Waals surface area contributed by atoms with E-state index in [4.69, 9.17) is 4.98 Å². The van der Waals surface area contributed by atoms with Gasteiger partial charge in [0.25, 0.3) is 0 Å². The second kappa shape index (κ2) is 6.82. The van der Waals surface area contributed by atoms with Crippen molar-refractivity contribution < 1.29 is 0 Å². The van der Waals surface area contributed by atoms with Crippen molar-refractivity contribution in [1.29, 1.82) is 0 Å². The molecule has 6 aromatic rings. The topological polar surface area (TPSA) is 17.8 Å². The molecule has 4 aromatic carbocycles. The third-order valence-corrected chi connectivity index (χ3v) is 6.39. The summed E-state index contributed by atoms with van der Waals surface area (Å²) >= 11 is 0. The summed E-state index contributed by atoms with van der Waals surface area (Å²) in [5.74, 6) is 0. The Hall–Kier alpha value is -3.91. The molecule has 0 saturated heterocycles. The van der Waals surface area contributed by atoms with Crippen LogP contribution in [0.3, 0.4) is 0 Å². The average Bonchev–Trinajstić information content (AvgIpc) is 3.16. The lowest BCUT2D eigenvalue weighted by Crippen LogP contribution is -1.93. The van der Waals surface area contributed by atoms with Crippen LogP contribution in [0, 0.1) is 0 Å². The maximum absolute atomic E-state index is 4.82. The lowest BCUT2D eigenvalue weighted by molar-refractivity contribution is 1.19. The van der Waals surface area contributed by atoms with Crippen molar-refractivity contribution >= 4 is 49.0 Å². The number of aromatic nitrogens is 2. The monoisotopic (exact) mass is 398 g/mol. The number of para-hydroxylation sites is 1. The number of rotatable bonds is 2. The summed E-state index contributed by atoms with van der Waals surface area (Å²) in [6, 6.07) is 30.5. The molecule has 0 radical (unpaired) electrons. The zero-order valence-electron chi connectivity index (χ0n) is 17.6. The van der Waals surface area contributed by atoms with Crippen LogP contribution >= 0.6 is 0 Å². The quantitative estimate of drug-likeness (QED) is 0.270. The Labute approximate surface area is 181 Å². The SMILES string of the molecule is C/C=C(\C)n1c2ccccc2c2ccc(-c3nccc4c3ccc3ccccc34)cc21. The van der Waals surface area contributed by atoms with Gasteiger partial charge in [0.15, 0.2) is 0 Å². The highest BCUT2D eigenvalue weighted by Gasteiger charge is 2.14. The van der Waals surface area contributed by atoms with Crippen LogP contribution in [0.4, 0.5) is 0 Å². The maximum Gasteiger partial charge on any atom is 0.0781 e. The van der Waals surface area contributed by atoms with Crippen LogP contribution in [0.1, 0.15) is 13.8 Å². The van der Waals surface area contributed by atoms with E-state index in [0.717, 1.165) is 11.3 Å². The van der Waals surface area contributed by atoms with Gasteiger partial charge in [-0.1, -0.05) is 72.8 Å². The van der Waals surface area contributed by atoms with E-state index in [0.29, 0.717) is 0 Å². The number of pyridine rings is 1. The summed E-state index contributed by atoms with van der Waals surface area (Å²) in [6.45, 7) is 4.26. The predicted molar refractivity (Wildman–Crippen MR) is 133 cm³/mol. The summed E-state index contributed by atoms with van der Waals surface area (Å²) in [7, 11) is 0. The number of hydrogen-bond donors (Lipinski definition) is 0. The van der Waals surface area contributed by atoms with Crippen LogP contribution in [0.25, 0.3) is 60.3 Å². The fraction of sp³-hybridized carbons (Fsp3) is 0.0690. The highest BCUT2D eigenvalue weighted by molar-refractivity contribution is 6.13. The number of fused-ring (bicyclic) bond motifs is 6. The average molecular weight is 399 g/mol. The zero-order valence-corrected chi connectivity index (χ0v) is 17.6. The summed E-state index contributed by atoms with van der Waals surface area (Å²) in [6.07, 6.45) is 4.10. The van der Waals surface area contributed by atoms with E-state index in [9.17, 15) is 0 Å². The van der Waals surface area contributed by atoms with Gasteiger partial charge in [-0.25, -0.2) is 0 Å². The van der Waals surface area contributed by atoms with Crippen molar-refractivity contribution in [2.75, 3.05) is 0 Å². The van der Waals surface area contributed by atoms with Gasteiger partial charge < -0.3 is 4.57 Å². The standard InChI is InChI=1S/C29H22N2/c1-3-19(2)31-27-11-7-6-10-24(27)25-14-13-21(18-28(25)31)29-26-15-12-20-8-4-5-9-22(20)23(26)16-17-30-29/h3-18H,1-2H3/b19-3+. The van der Waals surface area contributed by atoms with Crippen LogP contribution in [-0.2, 0) is 0 Å². The van der Waals surface area contributed by atoms with E-state index in [1.165, 1.54) is 49.0 Å². The number of allylic oxidation sites excluding steroid dienone is 2. The van der Waals surface area contributed by atoms with Crippen LogP contribution in [-0.4, -0.2) is 9.55 Å². The molecule has 0 fully saturated rings. The van der Waals surface area contributed by atoms with Gasteiger partial charge in [-0.2, -0.15) is 0 Å². The predicted octanol–water partition coefficient (Wildman–Crippen LogP) is 8.04. The second-order valence-corrected chi connectivity index (χ2v) is 8.06. The molecule has 2 aromatic heterocycles. The number of nitrogens with zero attached hydrogens (tertiary/aromatic N) is 2. The van der Waals surface area contributed by atoms with Crippen molar-refractivity contribution in [2.45, 2.75) is 13.8 Å². The Morgan fingerprint density at radius 2 is 1.45 bits per heavy atom. The van der Waals surface area contributed by atoms with Gasteiger partial charge in [0, 0.05) is 33.6 Å². The first-order valence-corrected chi connectivity index (χ1v) is 10.7. The van der Waals surface area contributed by atoms with E-state index < -0.39 is 0 Å². The Balaban J connectivity index is 1.68. The highest BCUT2D eigenvalue weighted by Crippen LogP contribution is 2.36. The molecule has 0 aliphatic rings. The first-order valence-electron chi connectivity index (χ1n) is 10.7. The van der Waals surface area contributed by atoms with Crippen LogP contribution in [0.15, 0.2) is 97.2 Å². The molecule has 6 rings (SSSR count). The Bertz CT molecular complexity index is 1650. The van der Waals surface area contributed by atoms with Crippen molar-refractivity contribution in [3.63, 3.8) is 0 Å². The molecule has 31 heavy (non-hydrogen) atoms. The Morgan fingerprint density at radius 3 is 2.32 bits per heavy atom. The zero-order chi connectivity index (χ0) is 20.9. The van der Waals surface area contributed by atoms with Gasteiger partial charge in [-0.05, 0) is 48.2 Å². The molecule has 2 nitrogen and oxygen atoms in total. The molecule has 0 bridgehead atoms. The Kier molecular flexibility index (Phi) is 3.94. The van der Waals surface area contributed by atoms with Crippen molar-refractivity contribution in [3.05, 3.63) is 97.2 Å². The molecule has 0 atom stereocenters. The third-order valence-electron chi connectivity index (χ3n) is 6.39. The van der Waals surface area contributed by atoms with E-state index in [1.807, 2.05) is 6.20 Å². The molecule has 0 saturated carbocycles. The molecular formula is C29H22N2. The second-order valence-electron chi connectivity index (χ2n) is 8.06. The lowest BCUT2D eigenvalue weighted by atomic mass is 9.98. The van der Waals surface area contributed by atoms with E-state index in [1.54, 1.807) is 0 Å². The van der Waals surface area contributed by atoms with E-state index in [-0.39, 0.29) is 0 Å². The van der Waals surface area contributed by atoms with Gasteiger partial charge in [0.1, 0.15) is 0 Å². The normalized spacial score (nSPS) is 12.4. The van der Waals surface area contributed by atoms with Crippen LogP contribution in [0.2, 0.25) is 0 Å². The minimum atomic E-state index is 1.03. The van der Waals surface area contributed by atoms with Gasteiger partial charge in [0.05, 0.1) is 16.7 Å². The van der Waals surface area contributed by atoms with Gasteiger partial charge in [-0.3, -0.25) is 4.98 Å². The molecule has 0 aliphatic carbocycles. The minimum Gasteiger partial charge on any atom is -0.314 e. The molecular weight excluding hydrogens is 376 g/mol. The van der Waals surface area contributed by atoms with Gasteiger partial charge in [-0.15, -0.1) is 0 Å². The molecule has 2 heterocycles. The number of benzene rings is 4. The van der Waals surface area contributed by atoms with E-state index in [2.05, 4.69) is 109 Å². The molecule has 0 N–H and O–H groups in total. The summed E-state index contributed by atoms with van der Waals surface area (Å²) in [5, 5.41) is 7.50. The number of hydrogen-bond acceptors (Lipinski definition) is 1. The van der Waals surface area contributed by atoms with Crippen molar-refractivity contribution in [1.82, 2.24) is 9.55 Å². The molecule has 148 valence electrons. The smallest absolute Gasteiger partial charge is 0.0781 e. The summed E-state index contributed by atoms with van der Waals surface area (Å²) < 4.78 is 2.36. The minimum absolute atomic E-state index is 1.03. The van der Waals surface area contributed by atoms with Crippen molar-refractivity contribution in [3.8, 4) is 11.3 Å². The molecule has 2 heteroatoms.